The van der Waals surface area contributed by atoms with Gasteiger partial charge in [0.2, 0.25) is 0 Å². The fourth-order valence-electron chi connectivity index (χ4n) is 2.29. The summed E-state index contributed by atoms with van der Waals surface area (Å²) in [6.07, 6.45) is 1.64. The highest BCUT2D eigenvalue weighted by atomic mass is 16.4. The Morgan fingerprint density at radius 1 is 1.00 bits per heavy atom. The van der Waals surface area contributed by atoms with Gasteiger partial charge in [0.05, 0.1) is 0 Å². The number of nitrogens with two attached hydrogens (primary N) is 1. The van der Waals surface area contributed by atoms with Crippen molar-refractivity contribution in [2.45, 2.75) is 13.8 Å². The van der Waals surface area contributed by atoms with Crippen molar-refractivity contribution in [1.29, 1.82) is 0 Å². The molecule has 0 saturated carbocycles. The molecule has 3 aromatic rings. The second-order valence-corrected chi connectivity index (χ2v) is 5.16. The topological polar surface area (TPSA) is 64.1 Å². The Balaban J connectivity index is 1.83. The highest BCUT2D eigenvalue weighted by Gasteiger charge is 2.07. The number of benzene rings is 2. The van der Waals surface area contributed by atoms with Gasteiger partial charge in [-0.1, -0.05) is 18.2 Å². The van der Waals surface area contributed by atoms with Gasteiger partial charge in [-0.3, -0.25) is 0 Å². The van der Waals surface area contributed by atoms with Crippen molar-refractivity contribution in [3.8, 4) is 11.3 Å². The minimum atomic E-state index is 0.479. The van der Waals surface area contributed by atoms with E-state index in [-0.39, 0.29) is 0 Å². The molecule has 2 aromatic carbocycles. The normalized spacial score (nSPS) is 10.6. The van der Waals surface area contributed by atoms with E-state index in [0.29, 0.717) is 6.01 Å². The number of hydrogen-bond donors (Lipinski definition) is 2. The van der Waals surface area contributed by atoms with Gasteiger partial charge in [-0.25, -0.2) is 0 Å². The largest absolute Gasteiger partial charge is 0.431 e. The van der Waals surface area contributed by atoms with Crippen molar-refractivity contribution in [3.63, 3.8) is 0 Å². The predicted molar refractivity (Wildman–Crippen MR) is 85.6 cm³/mol. The van der Waals surface area contributed by atoms with E-state index < -0.39 is 0 Å². The Morgan fingerprint density at radius 2 is 1.67 bits per heavy atom. The first-order valence-corrected chi connectivity index (χ1v) is 6.77. The van der Waals surface area contributed by atoms with E-state index in [1.54, 1.807) is 6.26 Å². The number of aryl methyl sites for hydroxylation is 2. The average molecular weight is 279 g/mol. The lowest BCUT2D eigenvalue weighted by Gasteiger charge is -2.04. The van der Waals surface area contributed by atoms with Crippen molar-refractivity contribution in [1.82, 2.24) is 4.98 Å². The SMILES string of the molecule is Cc1cc(C)cc(Nc2nc(-c3ccc(N)cc3)co2)c1. The van der Waals surface area contributed by atoms with Crippen LogP contribution in [0.1, 0.15) is 11.1 Å². The van der Waals surface area contributed by atoms with Crippen LogP contribution >= 0.6 is 0 Å². The zero-order valence-corrected chi connectivity index (χ0v) is 12.1. The minimum Gasteiger partial charge on any atom is -0.431 e. The molecular formula is C17H17N3O. The summed E-state index contributed by atoms with van der Waals surface area (Å²) in [6, 6.07) is 14.3. The van der Waals surface area contributed by atoms with Crippen molar-refractivity contribution in [3.05, 3.63) is 59.9 Å². The molecular weight excluding hydrogens is 262 g/mol. The number of nitrogen functional groups attached to an aromatic ring is 1. The number of nitrogens with zero attached hydrogens (tertiary/aromatic N) is 1. The maximum Gasteiger partial charge on any atom is 0.299 e. The van der Waals surface area contributed by atoms with E-state index >= 15 is 0 Å². The summed E-state index contributed by atoms with van der Waals surface area (Å²) in [6.45, 7) is 4.13. The first kappa shape index (κ1) is 13.2. The minimum absolute atomic E-state index is 0.479. The monoisotopic (exact) mass is 279 g/mol. The van der Waals surface area contributed by atoms with Crippen LogP contribution in [-0.2, 0) is 0 Å². The second kappa shape index (κ2) is 5.32. The predicted octanol–water partition coefficient (Wildman–Crippen LogP) is 4.28. The Kier molecular flexibility index (Phi) is 3.36. The zero-order chi connectivity index (χ0) is 14.8. The van der Waals surface area contributed by atoms with Crippen LogP contribution in [0, 0.1) is 13.8 Å². The molecule has 0 aliphatic carbocycles. The molecule has 0 atom stereocenters. The average Bonchev–Trinajstić information content (AvgIpc) is 2.87. The number of nitrogens with one attached hydrogen (secondary N) is 1. The third kappa shape index (κ3) is 3.05. The van der Waals surface area contributed by atoms with Crippen LogP contribution < -0.4 is 11.1 Å². The molecule has 1 heterocycles. The molecule has 21 heavy (non-hydrogen) atoms. The van der Waals surface area contributed by atoms with E-state index in [1.807, 2.05) is 24.3 Å². The zero-order valence-electron chi connectivity index (χ0n) is 12.1. The van der Waals surface area contributed by atoms with Gasteiger partial charge in [0.15, 0.2) is 0 Å². The van der Waals surface area contributed by atoms with Crippen molar-refractivity contribution in [2.75, 3.05) is 11.1 Å². The number of rotatable bonds is 3. The molecule has 0 fully saturated rings. The Bertz CT molecular complexity index is 740. The number of hydrogen-bond acceptors (Lipinski definition) is 4. The fraction of sp³-hybridized carbons (Fsp3) is 0.118. The van der Waals surface area contributed by atoms with E-state index in [1.165, 1.54) is 11.1 Å². The van der Waals surface area contributed by atoms with Gasteiger partial charge in [-0.05, 0) is 49.2 Å². The standard InChI is InChI=1S/C17H17N3O/c1-11-7-12(2)9-15(8-11)19-17-20-16(10-21-17)13-3-5-14(18)6-4-13/h3-10H,18H2,1-2H3,(H,19,20). The summed E-state index contributed by atoms with van der Waals surface area (Å²) in [5.74, 6) is 0. The van der Waals surface area contributed by atoms with Crippen molar-refractivity contribution >= 4 is 17.4 Å². The number of oxazole rings is 1. The molecule has 4 heteroatoms. The van der Waals surface area contributed by atoms with Crippen LogP contribution in [0.3, 0.4) is 0 Å². The van der Waals surface area contributed by atoms with Gasteiger partial charge < -0.3 is 15.5 Å². The molecule has 0 amide bonds. The highest BCUT2D eigenvalue weighted by Crippen LogP contribution is 2.24. The molecule has 0 aliphatic heterocycles. The molecule has 3 rings (SSSR count). The third-order valence-electron chi connectivity index (χ3n) is 3.18. The summed E-state index contributed by atoms with van der Waals surface area (Å²) in [5.41, 5.74) is 11.5. The van der Waals surface area contributed by atoms with Gasteiger partial charge in [0.1, 0.15) is 12.0 Å². The summed E-state index contributed by atoms with van der Waals surface area (Å²) in [4.78, 5) is 4.45. The smallest absolute Gasteiger partial charge is 0.299 e. The van der Waals surface area contributed by atoms with Crippen LogP contribution in [0.5, 0.6) is 0 Å². The lowest BCUT2D eigenvalue weighted by atomic mass is 10.1. The molecule has 0 aliphatic rings. The van der Waals surface area contributed by atoms with E-state index in [4.69, 9.17) is 10.2 Å². The molecule has 4 nitrogen and oxygen atoms in total. The first-order chi connectivity index (χ1) is 10.1. The van der Waals surface area contributed by atoms with Gasteiger partial charge in [-0.2, -0.15) is 4.98 Å². The molecule has 0 spiro atoms. The summed E-state index contributed by atoms with van der Waals surface area (Å²) in [7, 11) is 0. The van der Waals surface area contributed by atoms with E-state index in [9.17, 15) is 0 Å². The maximum absolute atomic E-state index is 5.68. The fourth-order valence-corrected chi connectivity index (χ4v) is 2.29. The second-order valence-electron chi connectivity index (χ2n) is 5.16. The number of aromatic nitrogens is 1. The molecule has 0 unspecified atom stereocenters. The highest BCUT2D eigenvalue weighted by molar-refractivity contribution is 5.63. The lowest BCUT2D eigenvalue weighted by molar-refractivity contribution is 0.578. The van der Waals surface area contributed by atoms with Gasteiger partial charge >= 0.3 is 0 Å². The van der Waals surface area contributed by atoms with Gasteiger partial charge in [-0.15, -0.1) is 0 Å². The van der Waals surface area contributed by atoms with Crippen LogP contribution in [0.25, 0.3) is 11.3 Å². The molecule has 0 bridgehead atoms. The summed E-state index contributed by atoms with van der Waals surface area (Å²) < 4.78 is 5.48. The Labute approximate surface area is 123 Å². The number of anilines is 3. The van der Waals surface area contributed by atoms with Crippen molar-refractivity contribution in [2.24, 2.45) is 0 Å². The van der Waals surface area contributed by atoms with Crippen molar-refractivity contribution < 1.29 is 4.42 Å². The molecule has 3 N–H and O–H groups in total. The lowest BCUT2D eigenvalue weighted by Crippen LogP contribution is -1.92. The van der Waals surface area contributed by atoms with E-state index in [2.05, 4.69) is 42.3 Å². The Hall–Kier alpha value is -2.75. The first-order valence-electron chi connectivity index (χ1n) is 6.77. The summed E-state index contributed by atoms with van der Waals surface area (Å²) in [5, 5.41) is 3.18. The third-order valence-corrected chi connectivity index (χ3v) is 3.18. The van der Waals surface area contributed by atoms with Crippen LogP contribution in [0.2, 0.25) is 0 Å². The molecule has 0 saturated heterocycles. The molecule has 1 aromatic heterocycles. The van der Waals surface area contributed by atoms with E-state index in [0.717, 1.165) is 22.6 Å². The Morgan fingerprint density at radius 3 is 2.33 bits per heavy atom. The van der Waals surface area contributed by atoms with Gasteiger partial charge in [0, 0.05) is 16.9 Å². The van der Waals surface area contributed by atoms with Crippen LogP contribution in [0.15, 0.2) is 53.1 Å². The quantitative estimate of drug-likeness (QED) is 0.702. The van der Waals surface area contributed by atoms with Crippen LogP contribution in [-0.4, -0.2) is 4.98 Å². The van der Waals surface area contributed by atoms with Gasteiger partial charge in [0.25, 0.3) is 6.01 Å². The molecule has 0 radical (unpaired) electrons. The molecule has 106 valence electrons. The maximum atomic E-state index is 5.68. The van der Waals surface area contributed by atoms with Crippen LogP contribution in [0.4, 0.5) is 17.4 Å². The summed E-state index contributed by atoms with van der Waals surface area (Å²) >= 11 is 0.